The number of carbonyl (C=O) groups excluding carboxylic acids is 1. The number of anilines is 1. The molecule has 0 spiro atoms. The van der Waals surface area contributed by atoms with Gasteiger partial charge in [-0.25, -0.2) is 8.78 Å². The van der Waals surface area contributed by atoms with E-state index in [0.29, 0.717) is 27.2 Å². The van der Waals surface area contributed by atoms with Crippen molar-refractivity contribution in [2.45, 2.75) is 5.92 Å². The average Bonchev–Trinajstić information content (AvgIpc) is 3.34. The molecular weight excluding hydrogens is 444 g/mol. The number of methoxy groups -OCH3 is 1. The number of ketones is 1. The minimum atomic E-state index is -2.65. The molecule has 7 nitrogen and oxygen atoms in total. The van der Waals surface area contributed by atoms with Gasteiger partial charge in [0.05, 0.1) is 42.4 Å². The number of ether oxygens (including phenoxy) is 1. The summed E-state index contributed by atoms with van der Waals surface area (Å²) in [5.41, 5.74) is 2.50. The van der Waals surface area contributed by atoms with Crippen LogP contribution in [0.2, 0.25) is 5.02 Å². The van der Waals surface area contributed by atoms with Crippen molar-refractivity contribution in [2.75, 3.05) is 25.1 Å². The van der Waals surface area contributed by atoms with Gasteiger partial charge in [0.15, 0.2) is 0 Å². The number of nitrogens with one attached hydrogen (secondary N) is 1. The van der Waals surface area contributed by atoms with E-state index in [1.54, 1.807) is 41.3 Å². The highest BCUT2D eigenvalue weighted by atomic mass is 35.5. The first-order chi connectivity index (χ1) is 15.3. The summed E-state index contributed by atoms with van der Waals surface area (Å²) in [5, 5.41) is 14.8. The van der Waals surface area contributed by atoms with Gasteiger partial charge in [-0.05, 0) is 35.0 Å². The molecule has 0 amide bonds. The van der Waals surface area contributed by atoms with Gasteiger partial charge in [-0.2, -0.15) is 0 Å². The largest absolute Gasteiger partial charge is 0.494 e. The Hall–Kier alpha value is -3.59. The molecule has 1 saturated heterocycles. The number of benzene rings is 2. The number of aromatic hydroxyl groups is 1. The number of fused-ring (bicyclic) bond motifs is 1. The first-order valence-electron chi connectivity index (χ1n) is 9.58. The van der Waals surface area contributed by atoms with Gasteiger partial charge < -0.3 is 24.3 Å². The number of nitrogens with zero attached hydrogens (tertiary/aromatic N) is 2. The molecule has 2 N–H and O–H groups in total. The number of halogens is 3. The summed E-state index contributed by atoms with van der Waals surface area (Å²) >= 11 is 6.46. The topological polar surface area (TPSA) is 91.6 Å². The minimum absolute atomic E-state index is 0.0103. The molecular formula is C22H16ClF2N3O4. The lowest BCUT2D eigenvalue weighted by molar-refractivity contribution is -0.0262. The zero-order chi connectivity index (χ0) is 22.6. The molecule has 0 saturated carbocycles. The Kier molecular flexibility index (Phi) is 4.59. The van der Waals surface area contributed by atoms with E-state index < -0.39 is 11.7 Å². The predicted octanol–water partition coefficient (Wildman–Crippen LogP) is 4.88. The highest BCUT2D eigenvalue weighted by molar-refractivity contribution is 6.34. The molecule has 0 atom stereocenters. The minimum Gasteiger partial charge on any atom is -0.494 e. The zero-order valence-corrected chi connectivity index (χ0v) is 17.4. The summed E-state index contributed by atoms with van der Waals surface area (Å²) in [4.78, 5) is 17.3. The summed E-state index contributed by atoms with van der Waals surface area (Å²) in [6.07, 6.45) is 0. The lowest BCUT2D eigenvalue weighted by Gasteiger charge is -2.40. The number of aromatic amines is 1. The maximum absolute atomic E-state index is 13.1. The number of hydrogen-bond acceptors (Lipinski definition) is 6. The molecule has 2 aromatic carbocycles. The van der Waals surface area contributed by atoms with Gasteiger partial charge in [0, 0.05) is 16.6 Å². The van der Waals surface area contributed by atoms with Crippen molar-refractivity contribution in [1.82, 2.24) is 10.1 Å². The maximum atomic E-state index is 13.1. The van der Waals surface area contributed by atoms with E-state index in [4.69, 9.17) is 20.9 Å². The van der Waals surface area contributed by atoms with Crippen LogP contribution >= 0.6 is 11.6 Å². The van der Waals surface area contributed by atoms with E-state index >= 15 is 0 Å². The van der Waals surface area contributed by atoms with Crippen LogP contribution in [-0.4, -0.2) is 47.2 Å². The maximum Gasteiger partial charge on any atom is 0.282 e. The van der Waals surface area contributed by atoms with E-state index in [2.05, 4.69) is 10.1 Å². The molecule has 1 aliphatic heterocycles. The van der Waals surface area contributed by atoms with E-state index in [-0.39, 0.29) is 36.2 Å². The second-order valence-electron chi connectivity index (χ2n) is 7.55. The van der Waals surface area contributed by atoms with Crippen molar-refractivity contribution in [3.63, 3.8) is 0 Å². The van der Waals surface area contributed by atoms with E-state index in [1.165, 1.54) is 13.2 Å². The molecule has 0 radical (unpaired) electrons. The Labute approximate surface area is 185 Å². The van der Waals surface area contributed by atoms with Crippen LogP contribution in [0.5, 0.6) is 11.8 Å². The lowest BCUT2D eigenvalue weighted by atomic mass is 9.99. The van der Waals surface area contributed by atoms with Crippen LogP contribution in [0.15, 0.2) is 47.0 Å². The van der Waals surface area contributed by atoms with Gasteiger partial charge in [0.25, 0.3) is 11.8 Å². The summed E-state index contributed by atoms with van der Waals surface area (Å²) < 4.78 is 36.2. The summed E-state index contributed by atoms with van der Waals surface area (Å²) in [7, 11) is 1.39. The van der Waals surface area contributed by atoms with Crippen molar-refractivity contribution in [3.8, 4) is 22.9 Å². The first kappa shape index (κ1) is 20.3. The highest BCUT2D eigenvalue weighted by Gasteiger charge is 2.43. The van der Waals surface area contributed by atoms with E-state index in [1.807, 2.05) is 0 Å². The van der Waals surface area contributed by atoms with Crippen molar-refractivity contribution >= 4 is 34.0 Å². The molecule has 4 aromatic rings. The second kappa shape index (κ2) is 7.23. The summed E-state index contributed by atoms with van der Waals surface area (Å²) in [6, 6.07) is 11.6. The van der Waals surface area contributed by atoms with Crippen LogP contribution < -0.4 is 9.64 Å². The molecule has 0 unspecified atom stereocenters. The number of carbonyl (C=O) groups is 1. The lowest BCUT2D eigenvalue weighted by Crippen LogP contribution is -2.56. The first-order valence-corrected chi connectivity index (χ1v) is 9.96. The fourth-order valence-electron chi connectivity index (χ4n) is 3.78. The molecule has 0 aliphatic carbocycles. The Bertz CT molecular complexity index is 1340. The van der Waals surface area contributed by atoms with E-state index in [0.717, 1.165) is 5.56 Å². The van der Waals surface area contributed by atoms with Crippen LogP contribution in [-0.2, 0) is 0 Å². The van der Waals surface area contributed by atoms with Crippen molar-refractivity contribution in [2.24, 2.45) is 0 Å². The molecule has 3 heterocycles. The molecule has 2 aromatic heterocycles. The Balaban J connectivity index is 1.53. The molecule has 32 heavy (non-hydrogen) atoms. The van der Waals surface area contributed by atoms with Crippen molar-refractivity contribution in [3.05, 3.63) is 58.8 Å². The van der Waals surface area contributed by atoms with Gasteiger partial charge in [0.2, 0.25) is 17.4 Å². The quantitative estimate of drug-likeness (QED) is 0.413. The third kappa shape index (κ3) is 3.34. The SMILES string of the molecule is COc1cc(C(=O)c2c(O)[nH]c3cc(Cl)c(-c4ccc(N5CC(F)(F)C5)cc4)cc23)on1. The second-order valence-corrected chi connectivity index (χ2v) is 7.95. The number of rotatable bonds is 5. The monoisotopic (exact) mass is 459 g/mol. The van der Waals surface area contributed by atoms with Gasteiger partial charge in [-0.15, -0.1) is 0 Å². The third-order valence-corrected chi connectivity index (χ3v) is 5.72. The van der Waals surface area contributed by atoms with Gasteiger partial charge >= 0.3 is 0 Å². The molecule has 10 heteroatoms. The average molecular weight is 460 g/mol. The Morgan fingerprint density at radius 3 is 2.59 bits per heavy atom. The molecule has 0 bridgehead atoms. The molecule has 1 fully saturated rings. The van der Waals surface area contributed by atoms with Crippen molar-refractivity contribution < 1.29 is 27.9 Å². The third-order valence-electron chi connectivity index (χ3n) is 5.40. The summed E-state index contributed by atoms with van der Waals surface area (Å²) in [6.45, 7) is -0.612. The van der Waals surface area contributed by atoms with Gasteiger partial charge in [-0.3, -0.25) is 4.79 Å². The number of hydrogen-bond donors (Lipinski definition) is 2. The number of H-pyrrole nitrogens is 1. The van der Waals surface area contributed by atoms with Crippen LogP contribution in [0, 0.1) is 0 Å². The Morgan fingerprint density at radius 1 is 1.25 bits per heavy atom. The molecule has 1 aliphatic rings. The standard InChI is InChI=1S/C22H16ClF2N3O4/c1-31-18-8-17(32-27-18)20(29)19-14-6-13(15(23)7-16(14)26-21(19)30)11-2-4-12(5-3-11)28-9-22(24,25)10-28/h2-8,26,30H,9-10H2,1H3. The smallest absolute Gasteiger partial charge is 0.282 e. The zero-order valence-electron chi connectivity index (χ0n) is 16.7. The fraction of sp³-hybridized carbons (Fsp3) is 0.182. The predicted molar refractivity (Wildman–Crippen MR) is 114 cm³/mol. The van der Waals surface area contributed by atoms with Gasteiger partial charge in [-0.1, -0.05) is 23.7 Å². The molecule has 5 rings (SSSR count). The van der Waals surface area contributed by atoms with Crippen LogP contribution in [0.4, 0.5) is 14.5 Å². The number of alkyl halides is 2. The van der Waals surface area contributed by atoms with E-state index in [9.17, 15) is 18.7 Å². The Morgan fingerprint density at radius 2 is 1.97 bits per heavy atom. The normalized spacial score (nSPS) is 15.1. The van der Waals surface area contributed by atoms with Crippen molar-refractivity contribution in [1.29, 1.82) is 0 Å². The number of aromatic nitrogens is 2. The van der Waals surface area contributed by atoms with Gasteiger partial charge in [0.1, 0.15) is 0 Å². The molecule has 164 valence electrons. The highest BCUT2D eigenvalue weighted by Crippen LogP contribution is 2.38. The van der Waals surface area contributed by atoms with Crippen LogP contribution in [0.1, 0.15) is 16.1 Å². The van der Waals surface area contributed by atoms with Crippen LogP contribution in [0.3, 0.4) is 0 Å². The fourth-order valence-corrected chi connectivity index (χ4v) is 4.06. The van der Waals surface area contributed by atoms with Crippen LogP contribution in [0.25, 0.3) is 22.0 Å². The summed E-state index contributed by atoms with van der Waals surface area (Å²) in [5.74, 6) is -3.52.